The third-order valence-electron chi connectivity index (χ3n) is 2.07. The van der Waals surface area contributed by atoms with Gasteiger partial charge in [-0.25, -0.2) is 0 Å². The number of allylic oxidation sites excluding steroid dienone is 1. The van der Waals surface area contributed by atoms with E-state index >= 15 is 0 Å². The lowest BCUT2D eigenvalue weighted by Gasteiger charge is -2.22. The molecule has 0 aromatic heterocycles. The molecule has 10 heavy (non-hydrogen) atoms. The Hall–Kier alpha value is -0.590. The van der Waals surface area contributed by atoms with E-state index < -0.39 is 0 Å². The Bertz CT molecular complexity index is 156. The fourth-order valence-corrected chi connectivity index (χ4v) is 1.40. The molecule has 0 aromatic rings. The van der Waals surface area contributed by atoms with E-state index in [-0.39, 0.29) is 0 Å². The highest BCUT2D eigenvalue weighted by molar-refractivity contribution is 5.72. The van der Waals surface area contributed by atoms with E-state index in [4.69, 9.17) is 0 Å². The van der Waals surface area contributed by atoms with E-state index in [1.165, 1.54) is 0 Å². The molecule has 0 radical (unpaired) electrons. The minimum absolute atomic E-state index is 0.477. The molecule has 56 valence electrons. The Morgan fingerprint density at radius 1 is 1.40 bits per heavy atom. The Kier molecular flexibility index (Phi) is 2.25. The highest BCUT2D eigenvalue weighted by atomic mass is 14.8. The molecule has 0 saturated heterocycles. The molecule has 2 atom stereocenters. The van der Waals surface area contributed by atoms with Crippen LogP contribution >= 0.6 is 0 Å². The van der Waals surface area contributed by atoms with E-state index in [1.807, 2.05) is 12.3 Å². The molecule has 0 fully saturated rings. The standard InChI is InChI=1S/C9H15N/c1-7(2)9-5-4-6-10-8(9)3/h4-9H,1-3H3. The zero-order valence-electron chi connectivity index (χ0n) is 6.91. The van der Waals surface area contributed by atoms with Crippen LogP contribution in [0.1, 0.15) is 20.8 Å². The largest absolute Gasteiger partial charge is 0.290 e. The predicted octanol–water partition coefficient (Wildman–Crippen LogP) is 2.29. The zero-order valence-corrected chi connectivity index (χ0v) is 6.91. The van der Waals surface area contributed by atoms with Gasteiger partial charge in [-0.1, -0.05) is 19.9 Å². The number of nitrogens with zero attached hydrogens (tertiary/aromatic N) is 1. The first-order chi connectivity index (χ1) is 4.72. The van der Waals surface area contributed by atoms with Crippen molar-refractivity contribution in [2.24, 2.45) is 16.8 Å². The summed E-state index contributed by atoms with van der Waals surface area (Å²) in [7, 11) is 0. The quantitative estimate of drug-likeness (QED) is 0.526. The smallest absolute Gasteiger partial charge is 0.0536 e. The van der Waals surface area contributed by atoms with Crippen LogP contribution in [0.2, 0.25) is 0 Å². The van der Waals surface area contributed by atoms with E-state index in [1.54, 1.807) is 0 Å². The summed E-state index contributed by atoms with van der Waals surface area (Å²) >= 11 is 0. The fraction of sp³-hybridized carbons (Fsp3) is 0.667. The Balaban J connectivity index is 2.61. The number of hydrogen-bond acceptors (Lipinski definition) is 1. The number of hydrogen-bond donors (Lipinski definition) is 0. The van der Waals surface area contributed by atoms with Crippen LogP contribution in [-0.2, 0) is 0 Å². The lowest BCUT2D eigenvalue weighted by molar-refractivity contribution is 0.404. The van der Waals surface area contributed by atoms with Crippen molar-refractivity contribution in [2.75, 3.05) is 0 Å². The second-order valence-corrected chi connectivity index (χ2v) is 3.25. The maximum Gasteiger partial charge on any atom is 0.0536 e. The van der Waals surface area contributed by atoms with Crippen LogP contribution in [0.4, 0.5) is 0 Å². The van der Waals surface area contributed by atoms with E-state index in [9.17, 15) is 0 Å². The molecule has 1 aliphatic heterocycles. The van der Waals surface area contributed by atoms with Gasteiger partial charge in [0, 0.05) is 12.1 Å². The summed E-state index contributed by atoms with van der Waals surface area (Å²) < 4.78 is 0. The normalized spacial score (nSPS) is 31.6. The van der Waals surface area contributed by atoms with Gasteiger partial charge in [0.05, 0.1) is 6.04 Å². The van der Waals surface area contributed by atoms with Crippen LogP contribution < -0.4 is 0 Å². The average molecular weight is 137 g/mol. The van der Waals surface area contributed by atoms with Crippen LogP contribution in [0.5, 0.6) is 0 Å². The summed E-state index contributed by atoms with van der Waals surface area (Å²) in [6, 6.07) is 0.477. The van der Waals surface area contributed by atoms with Gasteiger partial charge in [-0.05, 0) is 18.9 Å². The van der Waals surface area contributed by atoms with Crippen molar-refractivity contribution in [3.63, 3.8) is 0 Å². The summed E-state index contributed by atoms with van der Waals surface area (Å²) in [6.07, 6.45) is 6.19. The third kappa shape index (κ3) is 1.47. The lowest BCUT2D eigenvalue weighted by Crippen LogP contribution is -2.20. The van der Waals surface area contributed by atoms with Crippen LogP contribution in [0, 0.1) is 11.8 Å². The summed E-state index contributed by atoms with van der Waals surface area (Å²) in [5.74, 6) is 1.36. The van der Waals surface area contributed by atoms with Crippen LogP contribution in [-0.4, -0.2) is 12.3 Å². The van der Waals surface area contributed by atoms with E-state index in [0.29, 0.717) is 17.9 Å². The minimum atomic E-state index is 0.477. The van der Waals surface area contributed by atoms with Crippen molar-refractivity contribution < 1.29 is 0 Å². The van der Waals surface area contributed by atoms with Crippen LogP contribution in [0.25, 0.3) is 0 Å². The monoisotopic (exact) mass is 137 g/mol. The number of rotatable bonds is 1. The van der Waals surface area contributed by atoms with Gasteiger partial charge in [-0.3, -0.25) is 4.99 Å². The molecule has 0 N–H and O–H groups in total. The van der Waals surface area contributed by atoms with Crippen molar-refractivity contribution in [3.05, 3.63) is 12.2 Å². The molecule has 0 bridgehead atoms. The number of aliphatic imine (C=N–C) groups is 1. The second kappa shape index (κ2) is 3.00. The van der Waals surface area contributed by atoms with Gasteiger partial charge < -0.3 is 0 Å². The van der Waals surface area contributed by atoms with Crippen LogP contribution in [0.3, 0.4) is 0 Å². The molecule has 1 nitrogen and oxygen atoms in total. The molecule has 0 saturated carbocycles. The summed E-state index contributed by atoms with van der Waals surface area (Å²) in [6.45, 7) is 6.66. The van der Waals surface area contributed by atoms with Gasteiger partial charge in [0.2, 0.25) is 0 Å². The molecule has 1 heteroatoms. The molecular formula is C9H15N. The van der Waals surface area contributed by atoms with Crippen molar-refractivity contribution in [1.29, 1.82) is 0 Å². The van der Waals surface area contributed by atoms with E-state index in [0.717, 1.165) is 0 Å². The third-order valence-corrected chi connectivity index (χ3v) is 2.07. The first kappa shape index (κ1) is 7.52. The van der Waals surface area contributed by atoms with Gasteiger partial charge in [0.1, 0.15) is 0 Å². The van der Waals surface area contributed by atoms with Crippen molar-refractivity contribution in [1.82, 2.24) is 0 Å². The molecule has 2 unspecified atom stereocenters. The van der Waals surface area contributed by atoms with Gasteiger partial charge >= 0.3 is 0 Å². The Morgan fingerprint density at radius 3 is 2.50 bits per heavy atom. The molecule has 0 amide bonds. The van der Waals surface area contributed by atoms with Crippen LogP contribution in [0.15, 0.2) is 17.1 Å². The first-order valence-corrected chi connectivity index (χ1v) is 3.92. The zero-order chi connectivity index (χ0) is 7.56. The molecule has 1 heterocycles. The topological polar surface area (TPSA) is 12.4 Å². The van der Waals surface area contributed by atoms with Gasteiger partial charge in [0.25, 0.3) is 0 Å². The molecule has 0 spiro atoms. The highest BCUT2D eigenvalue weighted by Gasteiger charge is 2.17. The Labute approximate surface area is 62.9 Å². The molecule has 0 aromatic carbocycles. The highest BCUT2D eigenvalue weighted by Crippen LogP contribution is 2.20. The molecular weight excluding hydrogens is 122 g/mol. The minimum Gasteiger partial charge on any atom is -0.290 e. The van der Waals surface area contributed by atoms with Gasteiger partial charge in [-0.15, -0.1) is 0 Å². The lowest BCUT2D eigenvalue weighted by atomic mass is 9.88. The van der Waals surface area contributed by atoms with Crippen molar-refractivity contribution in [3.8, 4) is 0 Å². The van der Waals surface area contributed by atoms with Crippen molar-refractivity contribution in [2.45, 2.75) is 26.8 Å². The second-order valence-electron chi connectivity index (χ2n) is 3.25. The van der Waals surface area contributed by atoms with Gasteiger partial charge in [0.15, 0.2) is 0 Å². The molecule has 1 rings (SSSR count). The SMILES string of the molecule is CC(C)C1C=CC=NC1C. The molecule has 0 aliphatic carbocycles. The fourth-order valence-electron chi connectivity index (χ4n) is 1.40. The summed E-state index contributed by atoms with van der Waals surface area (Å²) in [4.78, 5) is 4.32. The first-order valence-electron chi connectivity index (χ1n) is 3.92. The number of dihydropyridines is 1. The molecule has 1 aliphatic rings. The summed E-state index contributed by atoms with van der Waals surface area (Å²) in [5.41, 5.74) is 0. The average Bonchev–Trinajstić information content (AvgIpc) is 1.88. The summed E-state index contributed by atoms with van der Waals surface area (Å²) in [5, 5.41) is 0. The van der Waals surface area contributed by atoms with Gasteiger partial charge in [-0.2, -0.15) is 0 Å². The Morgan fingerprint density at radius 2 is 2.10 bits per heavy atom. The van der Waals surface area contributed by atoms with E-state index in [2.05, 4.69) is 31.8 Å². The van der Waals surface area contributed by atoms with Crippen molar-refractivity contribution >= 4 is 6.21 Å². The maximum absolute atomic E-state index is 4.32. The predicted molar refractivity (Wildman–Crippen MR) is 45.4 cm³/mol. The maximum atomic E-state index is 4.32.